The van der Waals surface area contributed by atoms with Crippen molar-refractivity contribution in [2.45, 2.75) is 12.5 Å². The maximum atomic E-state index is 5.04. The van der Waals surface area contributed by atoms with Gasteiger partial charge >= 0.3 is 0 Å². The van der Waals surface area contributed by atoms with Crippen molar-refractivity contribution in [3.05, 3.63) is 157 Å². The number of hydrogen-bond acceptors (Lipinski definition) is 2. The highest BCUT2D eigenvalue weighted by atomic mass is 15.5. The second-order valence-corrected chi connectivity index (χ2v) is 9.30. The van der Waals surface area contributed by atoms with Gasteiger partial charge in [-0.3, -0.25) is 5.01 Å². The zero-order valence-corrected chi connectivity index (χ0v) is 20.6. The highest BCUT2D eigenvalue weighted by molar-refractivity contribution is 6.01. The molecule has 2 heteroatoms. The van der Waals surface area contributed by atoms with Gasteiger partial charge in [-0.05, 0) is 51.6 Å². The van der Waals surface area contributed by atoms with E-state index < -0.39 is 0 Å². The van der Waals surface area contributed by atoms with Crippen molar-refractivity contribution in [1.82, 2.24) is 0 Å². The lowest BCUT2D eigenvalue weighted by Crippen LogP contribution is -2.18. The van der Waals surface area contributed by atoms with Crippen LogP contribution < -0.4 is 5.01 Å². The fourth-order valence-electron chi connectivity index (χ4n) is 4.85. The summed E-state index contributed by atoms with van der Waals surface area (Å²) in [5.74, 6) is 0. The Morgan fingerprint density at radius 1 is 0.514 bits per heavy atom. The number of para-hydroxylation sites is 1. The molecule has 178 valence electrons. The van der Waals surface area contributed by atoms with Gasteiger partial charge in [0.15, 0.2) is 0 Å². The van der Waals surface area contributed by atoms with E-state index in [0.29, 0.717) is 0 Å². The molecule has 0 amide bonds. The van der Waals surface area contributed by atoms with Crippen molar-refractivity contribution in [1.29, 1.82) is 0 Å². The van der Waals surface area contributed by atoms with E-state index >= 15 is 0 Å². The van der Waals surface area contributed by atoms with Gasteiger partial charge in [-0.2, -0.15) is 5.10 Å². The third-order valence-electron chi connectivity index (χ3n) is 6.84. The van der Waals surface area contributed by atoms with Crippen molar-refractivity contribution in [2.75, 3.05) is 5.01 Å². The minimum atomic E-state index is 0.160. The lowest BCUT2D eigenvalue weighted by molar-refractivity contribution is 0.709. The van der Waals surface area contributed by atoms with Gasteiger partial charge in [0.05, 0.1) is 17.4 Å². The van der Waals surface area contributed by atoms with Gasteiger partial charge in [0.1, 0.15) is 0 Å². The van der Waals surface area contributed by atoms with Crippen molar-refractivity contribution >= 4 is 17.5 Å². The molecule has 0 saturated carbocycles. The van der Waals surface area contributed by atoms with Crippen LogP contribution in [0.25, 0.3) is 28.3 Å². The number of benzene rings is 5. The second kappa shape index (κ2) is 10.5. The van der Waals surface area contributed by atoms with Gasteiger partial charge < -0.3 is 0 Å². The first-order valence-electron chi connectivity index (χ1n) is 12.7. The maximum absolute atomic E-state index is 5.04. The van der Waals surface area contributed by atoms with Crippen LogP contribution in [-0.2, 0) is 0 Å². The molecule has 0 aliphatic carbocycles. The molecule has 1 aliphatic heterocycles. The number of nitrogens with zero attached hydrogens (tertiary/aromatic N) is 2. The molecule has 1 heterocycles. The van der Waals surface area contributed by atoms with E-state index in [4.69, 9.17) is 5.10 Å². The van der Waals surface area contributed by atoms with E-state index in [2.05, 4.69) is 145 Å². The molecular formula is C35H28N2. The SMILES string of the molecule is C(=Cc1ccc(-c2ccccc2)cc1)C1=NN(c2ccccc2)C(c2ccc(-c3ccccc3)cc2)C1. The molecule has 0 saturated heterocycles. The Morgan fingerprint density at radius 3 is 1.57 bits per heavy atom. The summed E-state index contributed by atoms with van der Waals surface area (Å²) in [6.07, 6.45) is 5.18. The first-order valence-corrected chi connectivity index (χ1v) is 12.7. The van der Waals surface area contributed by atoms with Crippen molar-refractivity contribution in [2.24, 2.45) is 5.10 Å². The minimum Gasteiger partial charge on any atom is -0.257 e. The third-order valence-corrected chi connectivity index (χ3v) is 6.84. The number of rotatable bonds is 6. The van der Waals surface area contributed by atoms with E-state index in [1.54, 1.807) is 0 Å². The monoisotopic (exact) mass is 476 g/mol. The Bertz CT molecular complexity index is 1500. The molecule has 2 nitrogen and oxygen atoms in total. The summed E-state index contributed by atoms with van der Waals surface area (Å²) < 4.78 is 0. The van der Waals surface area contributed by atoms with Gasteiger partial charge in [-0.1, -0.05) is 133 Å². The van der Waals surface area contributed by atoms with E-state index in [1.165, 1.54) is 33.4 Å². The van der Waals surface area contributed by atoms with E-state index in [-0.39, 0.29) is 6.04 Å². The van der Waals surface area contributed by atoms with Crippen LogP contribution in [0.4, 0.5) is 5.69 Å². The van der Waals surface area contributed by atoms with Crippen LogP contribution in [0.5, 0.6) is 0 Å². The third kappa shape index (κ3) is 5.14. The molecule has 6 rings (SSSR count). The lowest BCUT2D eigenvalue weighted by atomic mass is 9.97. The summed E-state index contributed by atoms with van der Waals surface area (Å²) in [5.41, 5.74) is 9.55. The maximum Gasteiger partial charge on any atom is 0.0831 e. The normalized spacial score (nSPS) is 15.2. The standard InChI is InChI=1S/C35H28N2/c1-4-10-28(11-5-1)30-19-16-27(17-20-30)18-25-33-26-35(37(36-33)34-14-8-3-9-15-34)32-23-21-31(22-24-32)29-12-6-2-7-13-29/h1-25,35H,26H2. The van der Waals surface area contributed by atoms with Crippen molar-refractivity contribution < 1.29 is 0 Å². The molecule has 1 unspecified atom stereocenters. The van der Waals surface area contributed by atoms with Gasteiger partial charge in [0.25, 0.3) is 0 Å². The molecule has 0 aromatic heterocycles. The first-order chi connectivity index (χ1) is 18.3. The predicted octanol–water partition coefficient (Wildman–Crippen LogP) is 9.04. The average Bonchev–Trinajstić information content (AvgIpc) is 3.42. The predicted molar refractivity (Wildman–Crippen MR) is 157 cm³/mol. The largest absolute Gasteiger partial charge is 0.257 e. The van der Waals surface area contributed by atoms with Crippen LogP contribution in [-0.4, -0.2) is 5.71 Å². The molecule has 5 aromatic carbocycles. The van der Waals surface area contributed by atoms with Crippen LogP contribution in [0.3, 0.4) is 0 Å². The molecule has 0 fully saturated rings. The average molecular weight is 477 g/mol. The Kier molecular flexibility index (Phi) is 6.46. The van der Waals surface area contributed by atoms with Crippen LogP contribution in [0.2, 0.25) is 0 Å². The Morgan fingerprint density at radius 2 is 1.00 bits per heavy atom. The topological polar surface area (TPSA) is 15.6 Å². The zero-order chi connectivity index (χ0) is 24.9. The van der Waals surface area contributed by atoms with Crippen LogP contribution >= 0.6 is 0 Å². The summed E-state index contributed by atoms with van der Waals surface area (Å²) in [6, 6.07) is 49.2. The van der Waals surface area contributed by atoms with E-state index in [1.807, 2.05) is 12.1 Å². The lowest BCUT2D eigenvalue weighted by Gasteiger charge is -2.24. The molecular weight excluding hydrogens is 448 g/mol. The summed E-state index contributed by atoms with van der Waals surface area (Å²) >= 11 is 0. The van der Waals surface area contributed by atoms with Crippen molar-refractivity contribution in [3.63, 3.8) is 0 Å². The Hall–Kier alpha value is -4.69. The van der Waals surface area contributed by atoms with Crippen LogP contribution in [0, 0.1) is 0 Å². The summed E-state index contributed by atoms with van der Waals surface area (Å²) in [5, 5.41) is 7.20. The molecule has 0 N–H and O–H groups in total. The molecule has 1 atom stereocenters. The van der Waals surface area contributed by atoms with Gasteiger partial charge in [-0.15, -0.1) is 0 Å². The van der Waals surface area contributed by atoms with Crippen LogP contribution in [0.15, 0.2) is 151 Å². The molecule has 5 aromatic rings. The molecule has 1 aliphatic rings. The highest BCUT2D eigenvalue weighted by Gasteiger charge is 2.28. The fourth-order valence-corrected chi connectivity index (χ4v) is 4.85. The number of allylic oxidation sites excluding steroid dienone is 1. The number of hydrazone groups is 1. The van der Waals surface area contributed by atoms with E-state index in [9.17, 15) is 0 Å². The summed E-state index contributed by atoms with van der Waals surface area (Å²) in [7, 11) is 0. The van der Waals surface area contributed by atoms with Gasteiger partial charge in [-0.25, -0.2) is 0 Å². The quantitative estimate of drug-likeness (QED) is 0.239. The van der Waals surface area contributed by atoms with E-state index in [0.717, 1.165) is 17.8 Å². The molecule has 0 bridgehead atoms. The van der Waals surface area contributed by atoms with Gasteiger partial charge in [0.2, 0.25) is 0 Å². The molecule has 0 radical (unpaired) electrons. The number of anilines is 1. The number of hydrogen-bond donors (Lipinski definition) is 0. The van der Waals surface area contributed by atoms with Crippen LogP contribution in [0.1, 0.15) is 23.6 Å². The Balaban J connectivity index is 1.24. The second-order valence-electron chi connectivity index (χ2n) is 9.30. The highest BCUT2D eigenvalue weighted by Crippen LogP contribution is 2.36. The van der Waals surface area contributed by atoms with Crippen molar-refractivity contribution in [3.8, 4) is 22.3 Å². The minimum absolute atomic E-state index is 0.160. The molecule has 37 heavy (non-hydrogen) atoms. The molecule has 0 spiro atoms. The first kappa shape index (κ1) is 22.8. The smallest absolute Gasteiger partial charge is 0.0831 e. The summed E-state index contributed by atoms with van der Waals surface area (Å²) in [4.78, 5) is 0. The van der Waals surface area contributed by atoms with Gasteiger partial charge in [0, 0.05) is 6.42 Å². The summed E-state index contributed by atoms with van der Waals surface area (Å²) in [6.45, 7) is 0. The Labute approximate surface area is 218 Å². The zero-order valence-electron chi connectivity index (χ0n) is 20.6. The fraction of sp³-hybridized carbons (Fsp3) is 0.0571.